The molecule has 1 aromatic heterocycles. The van der Waals surface area contributed by atoms with Gasteiger partial charge in [-0.15, -0.1) is 0 Å². The van der Waals surface area contributed by atoms with Crippen LogP contribution in [0.2, 0.25) is 0 Å². The second-order valence-corrected chi connectivity index (χ2v) is 11.4. The molecule has 0 spiro atoms. The van der Waals surface area contributed by atoms with E-state index in [0.717, 1.165) is 19.5 Å². The standard InChI is InChI=1S/C27H29N3O5S.C2HF3O2/c1-34-20-8-9-24-23(17-20)19(16-27(31)29-14-5-12-28-13-15-29)18-30(24)36(32,33)26-11-10-25(35-2)21-6-3-4-7-22(21)26;3-2(4,5)1(6)7/h3-4,6-11,17-18,28H,5,12-16H2,1-2H3;(H,6,7). The summed E-state index contributed by atoms with van der Waals surface area (Å²) in [4.78, 5) is 24.1. The SMILES string of the molecule is COc1ccc2c(c1)c(CC(=O)N1CCCNCC1)cn2S(=O)(=O)c1ccc(OC)c2ccccc12.O=C(O)C(F)(F)F. The van der Waals surface area contributed by atoms with Crippen LogP contribution in [0.1, 0.15) is 12.0 Å². The third kappa shape index (κ3) is 6.86. The molecule has 1 saturated heterocycles. The highest BCUT2D eigenvalue weighted by Crippen LogP contribution is 2.35. The number of rotatable bonds is 6. The Balaban J connectivity index is 0.000000541. The number of aromatic nitrogens is 1. The van der Waals surface area contributed by atoms with Crippen LogP contribution in [0.25, 0.3) is 21.7 Å². The molecule has 0 saturated carbocycles. The second-order valence-electron chi connectivity index (χ2n) is 9.61. The number of carbonyl (C=O) groups is 2. The summed E-state index contributed by atoms with van der Waals surface area (Å²) in [6, 6.07) is 15.8. The molecule has 3 aromatic carbocycles. The Morgan fingerprint density at radius 3 is 2.30 bits per heavy atom. The Labute approximate surface area is 245 Å². The summed E-state index contributed by atoms with van der Waals surface area (Å²) in [5.41, 5.74) is 1.14. The van der Waals surface area contributed by atoms with E-state index in [1.54, 1.807) is 62.9 Å². The molecule has 1 aliphatic rings. The van der Waals surface area contributed by atoms with E-state index >= 15 is 0 Å². The first kappa shape index (κ1) is 31.6. The molecule has 2 N–H and O–H groups in total. The maximum atomic E-state index is 14.0. The van der Waals surface area contributed by atoms with Crippen molar-refractivity contribution >= 4 is 43.6 Å². The molecule has 230 valence electrons. The highest BCUT2D eigenvalue weighted by atomic mass is 32.2. The molecular formula is C29H30F3N3O7S. The number of hydrogen-bond acceptors (Lipinski definition) is 7. The van der Waals surface area contributed by atoms with Gasteiger partial charge in [-0.3, -0.25) is 4.79 Å². The number of benzene rings is 3. The number of fused-ring (bicyclic) bond motifs is 2. The van der Waals surface area contributed by atoms with Gasteiger partial charge in [0.15, 0.2) is 0 Å². The van der Waals surface area contributed by atoms with Crippen molar-refractivity contribution in [1.29, 1.82) is 0 Å². The number of ether oxygens (including phenoxy) is 2. The van der Waals surface area contributed by atoms with Gasteiger partial charge in [0.25, 0.3) is 10.0 Å². The highest BCUT2D eigenvalue weighted by Gasteiger charge is 2.38. The van der Waals surface area contributed by atoms with Crippen LogP contribution in [0.3, 0.4) is 0 Å². The van der Waals surface area contributed by atoms with Gasteiger partial charge in [0.2, 0.25) is 5.91 Å². The van der Waals surface area contributed by atoms with Crippen LogP contribution >= 0.6 is 0 Å². The molecule has 2 heterocycles. The molecule has 1 fully saturated rings. The maximum Gasteiger partial charge on any atom is 0.490 e. The van der Waals surface area contributed by atoms with Crippen LogP contribution in [0.15, 0.2) is 65.7 Å². The number of nitrogens with zero attached hydrogens (tertiary/aromatic N) is 2. The lowest BCUT2D eigenvalue weighted by Gasteiger charge is -2.19. The van der Waals surface area contributed by atoms with Crippen molar-refractivity contribution in [1.82, 2.24) is 14.2 Å². The van der Waals surface area contributed by atoms with E-state index in [1.165, 1.54) is 3.97 Å². The topological polar surface area (TPSA) is 127 Å². The lowest BCUT2D eigenvalue weighted by Crippen LogP contribution is -2.35. The number of carboxylic acid groups (broad SMARTS) is 1. The maximum absolute atomic E-state index is 14.0. The zero-order chi connectivity index (χ0) is 31.4. The van der Waals surface area contributed by atoms with E-state index in [0.29, 0.717) is 51.8 Å². The summed E-state index contributed by atoms with van der Waals surface area (Å²) >= 11 is 0. The fraction of sp³-hybridized carbons (Fsp3) is 0.310. The number of amides is 1. The predicted octanol–water partition coefficient (Wildman–Crippen LogP) is 4.05. The number of aliphatic carboxylic acids is 1. The van der Waals surface area contributed by atoms with Gasteiger partial charge in [0.1, 0.15) is 11.5 Å². The minimum absolute atomic E-state index is 0.0205. The van der Waals surface area contributed by atoms with Gasteiger partial charge in [-0.05, 0) is 48.9 Å². The average molecular weight is 622 g/mol. The number of halogens is 3. The van der Waals surface area contributed by atoms with Crippen LogP contribution in [0, 0.1) is 0 Å². The molecule has 1 amide bonds. The first-order chi connectivity index (χ1) is 20.4. The second kappa shape index (κ2) is 12.9. The fourth-order valence-corrected chi connectivity index (χ4v) is 6.43. The molecule has 5 rings (SSSR count). The Hall–Kier alpha value is -4.30. The summed E-state index contributed by atoms with van der Waals surface area (Å²) < 4.78 is 72.0. The van der Waals surface area contributed by atoms with Crippen LogP contribution in [-0.2, 0) is 26.0 Å². The van der Waals surface area contributed by atoms with E-state index < -0.39 is 22.2 Å². The zero-order valence-corrected chi connectivity index (χ0v) is 24.2. The predicted molar refractivity (Wildman–Crippen MR) is 153 cm³/mol. The van der Waals surface area contributed by atoms with E-state index in [9.17, 15) is 26.4 Å². The number of nitrogens with one attached hydrogen (secondary N) is 1. The first-order valence-corrected chi connectivity index (χ1v) is 14.6. The minimum atomic E-state index is -5.08. The molecule has 0 bridgehead atoms. The normalized spacial score (nSPS) is 14.1. The third-order valence-corrected chi connectivity index (χ3v) is 8.67. The number of carboxylic acids is 1. The Morgan fingerprint density at radius 2 is 1.65 bits per heavy atom. The summed E-state index contributed by atoms with van der Waals surface area (Å²) in [5.74, 6) is -1.58. The molecule has 1 aliphatic heterocycles. The van der Waals surface area contributed by atoms with Crippen molar-refractivity contribution in [3.8, 4) is 11.5 Å². The molecular weight excluding hydrogens is 591 g/mol. The van der Waals surface area contributed by atoms with Crippen molar-refractivity contribution in [3.63, 3.8) is 0 Å². The number of carbonyl (C=O) groups excluding carboxylic acids is 1. The van der Waals surface area contributed by atoms with E-state index in [2.05, 4.69) is 5.32 Å². The molecule has 14 heteroatoms. The lowest BCUT2D eigenvalue weighted by atomic mass is 10.1. The van der Waals surface area contributed by atoms with Gasteiger partial charge in [-0.2, -0.15) is 13.2 Å². The largest absolute Gasteiger partial charge is 0.497 e. The zero-order valence-electron chi connectivity index (χ0n) is 23.3. The Kier molecular flexibility index (Phi) is 9.50. The van der Waals surface area contributed by atoms with Gasteiger partial charge in [0, 0.05) is 42.0 Å². The molecule has 10 nitrogen and oxygen atoms in total. The molecule has 0 atom stereocenters. The summed E-state index contributed by atoms with van der Waals surface area (Å²) in [5, 5.41) is 12.4. The van der Waals surface area contributed by atoms with Crippen molar-refractivity contribution in [2.45, 2.75) is 23.9 Å². The molecule has 0 unspecified atom stereocenters. The van der Waals surface area contributed by atoms with E-state index in [1.807, 2.05) is 17.0 Å². The van der Waals surface area contributed by atoms with Crippen molar-refractivity contribution in [2.24, 2.45) is 0 Å². The summed E-state index contributed by atoms with van der Waals surface area (Å²) in [6.45, 7) is 2.95. The monoisotopic (exact) mass is 621 g/mol. The van der Waals surface area contributed by atoms with E-state index in [4.69, 9.17) is 19.4 Å². The number of hydrogen-bond donors (Lipinski definition) is 2. The van der Waals surface area contributed by atoms with Crippen LogP contribution in [-0.4, -0.2) is 80.8 Å². The molecule has 0 radical (unpaired) electrons. The molecule has 4 aromatic rings. The van der Waals surface area contributed by atoms with E-state index in [-0.39, 0.29) is 17.2 Å². The average Bonchev–Trinajstić information content (AvgIpc) is 3.14. The quantitative estimate of drug-likeness (QED) is 0.330. The molecule has 0 aliphatic carbocycles. The van der Waals surface area contributed by atoms with Gasteiger partial charge in [-0.1, -0.05) is 24.3 Å². The van der Waals surface area contributed by atoms with Crippen molar-refractivity contribution in [2.75, 3.05) is 40.4 Å². The van der Waals surface area contributed by atoms with Crippen molar-refractivity contribution < 1.29 is 45.8 Å². The van der Waals surface area contributed by atoms with Crippen molar-refractivity contribution in [3.05, 3.63) is 66.4 Å². The van der Waals surface area contributed by atoms with Gasteiger partial charge in [-0.25, -0.2) is 17.2 Å². The fourth-order valence-electron chi connectivity index (χ4n) is 4.83. The minimum Gasteiger partial charge on any atom is -0.497 e. The van der Waals surface area contributed by atoms with Crippen LogP contribution in [0.4, 0.5) is 13.2 Å². The van der Waals surface area contributed by atoms with Crippen LogP contribution in [0.5, 0.6) is 11.5 Å². The van der Waals surface area contributed by atoms with Crippen LogP contribution < -0.4 is 14.8 Å². The van der Waals surface area contributed by atoms with Gasteiger partial charge in [0.05, 0.1) is 31.1 Å². The van der Waals surface area contributed by atoms with Gasteiger partial charge >= 0.3 is 12.1 Å². The molecule has 43 heavy (non-hydrogen) atoms. The third-order valence-electron chi connectivity index (χ3n) is 6.94. The van der Waals surface area contributed by atoms with Gasteiger partial charge < -0.3 is 24.8 Å². The number of alkyl halides is 3. The Bertz CT molecular complexity index is 1750. The first-order valence-electron chi connectivity index (χ1n) is 13.2. The smallest absolute Gasteiger partial charge is 0.490 e. The summed E-state index contributed by atoms with van der Waals surface area (Å²) in [7, 11) is -0.872. The highest BCUT2D eigenvalue weighted by molar-refractivity contribution is 7.90. The lowest BCUT2D eigenvalue weighted by molar-refractivity contribution is -0.192. The Morgan fingerprint density at radius 1 is 0.953 bits per heavy atom. The summed E-state index contributed by atoms with van der Waals surface area (Å²) in [6.07, 6.45) is -2.51. The number of methoxy groups -OCH3 is 2.